The van der Waals surface area contributed by atoms with Crippen LogP contribution in [-0.4, -0.2) is 19.0 Å². The fraction of sp³-hybridized carbons (Fsp3) is 0.385. The van der Waals surface area contributed by atoms with Gasteiger partial charge in [-0.05, 0) is 36.6 Å². The first-order valence-electron chi connectivity index (χ1n) is 5.82. The number of benzene rings is 1. The number of ether oxygens (including phenoxy) is 1. The van der Waals surface area contributed by atoms with Crippen LogP contribution in [0.25, 0.3) is 0 Å². The summed E-state index contributed by atoms with van der Waals surface area (Å²) < 4.78 is 5.19. The van der Waals surface area contributed by atoms with E-state index >= 15 is 0 Å². The highest BCUT2D eigenvalue weighted by Gasteiger charge is 2.46. The van der Waals surface area contributed by atoms with Crippen molar-refractivity contribution in [3.8, 4) is 5.75 Å². The van der Waals surface area contributed by atoms with E-state index in [2.05, 4.69) is 10.6 Å². The Morgan fingerprint density at radius 2 is 2.06 bits per heavy atom. The minimum Gasteiger partial charge on any atom is -0.496 e. The Labute approximate surface area is 106 Å². The number of rotatable bonds is 3. The molecular formula is C13H16N2O3. The molecule has 1 aromatic carbocycles. The summed E-state index contributed by atoms with van der Waals surface area (Å²) in [6, 6.07) is 5.03. The lowest BCUT2D eigenvalue weighted by Crippen LogP contribution is -2.43. The molecule has 0 spiro atoms. The Kier molecular flexibility index (Phi) is 2.98. The third-order valence-electron chi connectivity index (χ3n) is 3.36. The molecule has 18 heavy (non-hydrogen) atoms. The van der Waals surface area contributed by atoms with Gasteiger partial charge >= 0.3 is 6.03 Å². The molecule has 0 bridgehead atoms. The van der Waals surface area contributed by atoms with E-state index in [1.165, 1.54) is 0 Å². The van der Waals surface area contributed by atoms with Crippen LogP contribution in [0.3, 0.4) is 0 Å². The summed E-state index contributed by atoms with van der Waals surface area (Å²) in [5.74, 6) is 0.453. The lowest BCUT2D eigenvalue weighted by molar-refractivity contribution is -0.124. The Hall–Kier alpha value is -2.04. The standard InChI is InChI=1S/C13H16N2O3/c1-4-13(11(16)14-12(17)15-13)9-5-6-10(18-3)8(2)7-9/h5-7H,4H2,1-3H3,(H2,14,15,16,17)/t13-/m0/s1. The monoisotopic (exact) mass is 248 g/mol. The maximum absolute atomic E-state index is 12.0. The van der Waals surface area contributed by atoms with Crippen LogP contribution in [0.2, 0.25) is 0 Å². The molecule has 0 unspecified atom stereocenters. The highest BCUT2D eigenvalue weighted by molar-refractivity contribution is 6.07. The molecule has 2 N–H and O–H groups in total. The molecular weight excluding hydrogens is 232 g/mol. The van der Waals surface area contributed by atoms with Crippen molar-refractivity contribution in [1.82, 2.24) is 10.6 Å². The molecule has 1 saturated heterocycles. The summed E-state index contributed by atoms with van der Waals surface area (Å²) in [6.45, 7) is 3.77. The van der Waals surface area contributed by atoms with Crippen molar-refractivity contribution in [2.45, 2.75) is 25.8 Å². The smallest absolute Gasteiger partial charge is 0.322 e. The number of methoxy groups -OCH3 is 1. The molecule has 0 aliphatic carbocycles. The van der Waals surface area contributed by atoms with Crippen LogP contribution in [0.15, 0.2) is 18.2 Å². The Morgan fingerprint density at radius 1 is 1.33 bits per heavy atom. The third kappa shape index (κ3) is 1.72. The van der Waals surface area contributed by atoms with Gasteiger partial charge in [0.1, 0.15) is 11.3 Å². The molecule has 0 saturated carbocycles. The van der Waals surface area contributed by atoms with Crippen LogP contribution in [0.4, 0.5) is 4.79 Å². The van der Waals surface area contributed by atoms with Gasteiger partial charge in [-0.2, -0.15) is 0 Å². The van der Waals surface area contributed by atoms with Gasteiger partial charge in [0.2, 0.25) is 0 Å². The molecule has 0 aromatic heterocycles. The quantitative estimate of drug-likeness (QED) is 0.795. The Bertz CT molecular complexity index is 513. The fourth-order valence-corrected chi connectivity index (χ4v) is 2.29. The zero-order chi connectivity index (χ0) is 13.3. The first kappa shape index (κ1) is 12.4. The fourth-order valence-electron chi connectivity index (χ4n) is 2.29. The van der Waals surface area contributed by atoms with Crippen LogP contribution < -0.4 is 15.4 Å². The zero-order valence-corrected chi connectivity index (χ0v) is 10.7. The van der Waals surface area contributed by atoms with Crippen LogP contribution in [0, 0.1) is 6.92 Å². The van der Waals surface area contributed by atoms with Crippen molar-refractivity contribution in [2.24, 2.45) is 0 Å². The highest BCUT2D eigenvalue weighted by atomic mass is 16.5. The normalized spacial score (nSPS) is 22.6. The van der Waals surface area contributed by atoms with Gasteiger partial charge in [-0.25, -0.2) is 4.79 Å². The number of hydrogen-bond donors (Lipinski definition) is 2. The number of hydrogen-bond acceptors (Lipinski definition) is 3. The number of aryl methyl sites for hydroxylation is 1. The molecule has 3 amide bonds. The molecule has 5 heteroatoms. The number of urea groups is 1. The molecule has 2 rings (SSSR count). The molecule has 96 valence electrons. The number of nitrogens with one attached hydrogen (secondary N) is 2. The second kappa shape index (κ2) is 4.33. The summed E-state index contributed by atoms with van der Waals surface area (Å²) in [4.78, 5) is 23.3. The third-order valence-corrected chi connectivity index (χ3v) is 3.36. The van der Waals surface area contributed by atoms with Gasteiger partial charge in [0.05, 0.1) is 7.11 Å². The largest absolute Gasteiger partial charge is 0.496 e. The molecule has 1 fully saturated rings. The molecule has 1 aromatic rings. The second-order valence-electron chi connectivity index (χ2n) is 4.35. The van der Waals surface area contributed by atoms with E-state index in [0.717, 1.165) is 16.9 Å². The summed E-state index contributed by atoms with van der Waals surface area (Å²) in [5, 5.41) is 4.99. The summed E-state index contributed by atoms with van der Waals surface area (Å²) >= 11 is 0. The van der Waals surface area contributed by atoms with Crippen molar-refractivity contribution >= 4 is 11.9 Å². The van der Waals surface area contributed by atoms with Crippen LogP contribution in [0.1, 0.15) is 24.5 Å². The minimum absolute atomic E-state index is 0.306. The molecule has 1 aliphatic heterocycles. The van der Waals surface area contributed by atoms with Gasteiger partial charge in [0, 0.05) is 0 Å². The van der Waals surface area contributed by atoms with Crippen LogP contribution in [-0.2, 0) is 10.3 Å². The van der Waals surface area contributed by atoms with E-state index in [1.54, 1.807) is 19.2 Å². The molecule has 1 atom stereocenters. The molecule has 5 nitrogen and oxygen atoms in total. The van der Waals surface area contributed by atoms with Gasteiger partial charge in [0.15, 0.2) is 0 Å². The van der Waals surface area contributed by atoms with E-state index in [9.17, 15) is 9.59 Å². The van der Waals surface area contributed by atoms with Crippen molar-refractivity contribution in [3.05, 3.63) is 29.3 Å². The first-order chi connectivity index (χ1) is 8.53. The maximum Gasteiger partial charge on any atom is 0.322 e. The van der Waals surface area contributed by atoms with Crippen LogP contribution >= 0.6 is 0 Å². The Balaban J connectivity index is 2.48. The number of carbonyl (C=O) groups excluding carboxylic acids is 2. The number of amides is 3. The van der Waals surface area contributed by atoms with Gasteiger partial charge in [-0.3, -0.25) is 10.1 Å². The zero-order valence-electron chi connectivity index (χ0n) is 10.7. The van der Waals surface area contributed by atoms with E-state index < -0.39 is 11.6 Å². The molecule has 1 aliphatic rings. The van der Waals surface area contributed by atoms with E-state index in [-0.39, 0.29) is 5.91 Å². The van der Waals surface area contributed by atoms with Crippen molar-refractivity contribution in [2.75, 3.05) is 7.11 Å². The Morgan fingerprint density at radius 3 is 2.50 bits per heavy atom. The van der Waals surface area contributed by atoms with Gasteiger partial charge < -0.3 is 10.1 Å². The van der Waals surface area contributed by atoms with E-state index in [1.807, 2.05) is 19.9 Å². The van der Waals surface area contributed by atoms with Gasteiger partial charge in [0.25, 0.3) is 5.91 Å². The average molecular weight is 248 g/mol. The van der Waals surface area contributed by atoms with Crippen molar-refractivity contribution in [3.63, 3.8) is 0 Å². The lowest BCUT2D eigenvalue weighted by atomic mass is 9.86. The van der Waals surface area contributed by atoms with E-state index in [4.69, 9.17) is 4.74 Å². The summed E-state index contributed by atoms with van der Waals surface area (Å²) in [6.07, 6.45) is 0.496. The first-order valence-corrected chi connectivity index (χ1v) is 5.82. The lowest BCUT2D eigenvalue weighted by Gasteiger charge is -2.25. The maximum atomic E-state index is 12.0. The van der Waals surface area contributed by atoms with Crippen molar-refractivity contribution < 1.29 is 14.3 Å². The predicted molar refractivity (Wildman–Crippen MR) is 66.4 cm³/mol. The second-order valence-corrected chi connectivity index (χ2v) is 4.35. The topological polar surface area (TPSA) is 67.4 Å². The van der Waals surface area contributed by atoms with E-state index in [0.29, 0.717) is 6.42 Å². The molecule has 1 heterocycles. The minimum atomic E-state index is -0.964. The summed E-state index contributed by atoms with van der Waals surface area (Å²) in [5.41, 5.74) is 0.733. The van der Waals surface area contributed by atoms with Gasteiger partial charge in [-0.1, -0.05) is 13.0 Å². The number of imide groups is 1. The molecule has 0 radical (unpaired) electrons. The van der Waals surface area contributed by atoms with Crippen LogP contribution in [0.5, 0.6) is 5.75 Å². The number of carbonyl (C=O) groups is 2. The summed E-state index contributed by atoms with van der Waals surface area (Å²) in [7, 11) is 1.60. The van der Waals surface area contributed by atoms with Crippen molar-refractivity contribution in [1.29, 1.82) is 0 Å². The highest BCUT2D eigenvalue weighted by Crippen LogP contribution is 2.31. The SMILES string of the molecule is CC[C@@]1(c2ccc(OC)c(C)c2)NC(=O)NC1=O. The predicted octanol–water partition coefficient (Wildman–Crippen LogP) is 1.45. The average Bonchev–Trinajstić information content (AvgIpc) is 2.64. The van der Waals surface area contributed by atoms with Gasteiger partial charge in [-0.15, -0.1) is 0 Å².